The number of H-pyrrole nitrogens is 1. The first kappa shape index (κ1) is 10.0. The number of piperidine rings is 1. The maximum atomic E-state index is 11.9. The first-order valence-corrected chi connectivity index (χ1v) is 5.52. The molecule has 1 aliphatic rings. The number of pyridine rings is 1. The van der Waals surface area contributed by atoms with Crippen LogP contribution in [0.1, 0.15) is 24.5 Å². The van der Waals surface area contributed by atoms with Crippen LogP contribution in [-0.2, 0) is 4.79 Å². The topological polar surface area (TPSA) is 70.7 Å². The molecule has 17 heavy (non-hydrogen) atoms. The molecule has 2 N–H and O–H groups in total. The van der Waals surface area contributed by atoms with Crippen LogP contribution in [0.3, 0.4) is 0 Å². The summed E-state index contributed by atoms with van der Waals surface area (Å²) in [4.78, 5) is 15.9. The van der Waals surface area contributed by atoms with E-state index in [0.29, 0.717) is 0 Å². The molecular weight excluding hydrogens is 216 g/mol. The molecule has 0 aliphatic carbocycles. The Balaban J connectivity index is 2.04. The number of aromatic nitrogens is 3. The van der Waals surface area contributed by atoms with Crippen molar-refractivity contribution in [2.45, 2.75) is 18.8 Å². The maximum absolute atomic E-state index is 11.9. The highest BCUT2D eigenvalue weighted by molar-refractivity contribution is 5.91. The van der Waals surface area contributed by atoms with Crippen LogP contribution in [-0.4, -0.2) is 21.1 Å². The normalized spacial score (nSPS) is 20.6. The van der Waals surface area contributed by atoms with Crippen molar-refractivity contribution in [3.8, 4) is 0 Å². The van der Waals surface area contributed by atoms with Crippen molar-refractivity contribution >= 4 is 16.8 Å². The van der Waals surface area contributed by atoms with E-state index in [-0.39, 0.29) is 11.8 Å². The number of hydrogen-bond donors (Lipinski definition) is 2. The van der Waals surface area contributed by atoms with Crippen molar-refractivity contribution in [3.63, 3.8) is 0 Å². The number of carbonyl (C=O) groups excluding carboxylic acids is 1. The van der Waals surface area contributed by atoms with Crippen LogP contribution in [0.5, 0.6) is 0 Å². The van der Waals surface area contributed by atoms with Crippen molar-refractivity contribution in [2.24, 2.45) is 0 Å². The van der Waals surface area contributed by atoms with Gasteiger partial charge in [-0.2, -0.15) is 5.10 Å². The van der Waals surface area contributed by atoms with E-state index in [1.807, 2.05) is 6.07 Å². The molecule has 86 valence electrons. The third-order valence-corrected chi connectivity index (χ3v) is 3.08. The van der Waals surface area contributed by atoms with Gasteiger partial charge in [0.15, 0.2) is 0 Å². The van der Waals surface area contributed by atoms with Crippen LogP contribution in [0.15, 0.2) is 30.7 Å². The average molecular weight is 228 g/mol. The fourth-order valence-electron chi connectivity index (χ4n) is 2.19. The lowest BCUT2D eigenvalue weighted by atomic mass is 9.92. The number of amides is 1. The molecule has 1 saturated heterocycles. The summed E-state index contributed by atoms with van der Waals surface area (Å²) in [6, 6.07) is 1.88. The lowest BCUT2D eigenvalue weighted by Gasteiger charge is -2.22. The molecule has 3 heterocycles. The minimum atomic E-state index is -0.198. The zero-order chi connectivity index (χ0) is 11.8. The molecule has 1 fully saturated rings. The SMILES string of the molecule is C=C1CCC(c2n[nH]c3cnccc23)C(=O)N1. The summed E-state index contributed by atoms with van der Waals surface area (Å²) in [7, 11) is 0. The van der Waals surface area contributed by atoms with Gasteiger partial charge in [-0.25, -0.2) is 0 Å². The number of nitrogens with one attached hydrogen (secondary N) is 2. The van der Waals surface area contributed by atoms with Gasteiger partial charge in [-0.3, -0.25) is 14.9 Å². The van der Waals surface area contributed by atoms with Crippen molar-refractivity contribution in [1.29, 1.82) is 0 Å². The Labute approximate surface area is 97.9 Å². The van der Waals surface area contributed by atoms with Gasteiger partial charge in [-0.1, -0.05) is 6.58 Å². The molecule has 5 heteroatoms. The van der Waals surface area contributed by atoms with E-state index in [0.717, 1.165) is 35.1 Å². The van der Waals surface area contributed by atoms with Crippen LogP contribution < -0.4 is 5.32 Å². The Kier molecular flexibility index (Phi) is 2.18. The van der Waals surface area contributed by atoms with Gasteiger partial charge in [-0.05, 0) is 18.9 Å². The van der Waals surface area contributed by atoms with E-state index in [1.54, 1.807) is 12.4 Å². The molecule has 5 nitrogen and oxygen atoms in total. The van der Waals surface area contributed by atoms with Crippen LogP contribution in [0, 0.1) is 0 Å². The quantitative estimate of drug-likeness (QED) is 0.776. The predicted molar refractivity (Wildman–Crippen MR) is 63.1 cm³/mol. The summed E-state index contributed by atoms with van der Waals surface area (Å²) in [5, 5.41) is 10.9. The highest BCUT2D eigenvalue weighted by atomic mass is 16.2. The van der Waals surface area contributed by atoms with E-state index in [1.165, 1.54) is 0 Å². The third-order valence-electron chi connectivity index (χ3n) is 3.08. The molecule has 1 atom stereocenters. The average Bonchev–Trinajstić information content (AvgIpc) is 2.73. The molecule has 0 aromatic carbocycles. The Bertz CT molecular complexity index is 601. The van der Waals surface area contributed by atoms with Gasteiger partial charge in [0, 0.05) is 17.3 Å². The number of carbonyl (C=O) groups is 1. The van der Waals surface area contributed by atoms with Gasteiger partial charge in [0.2, 0.25) is 5.91 Å². The fraction of sp³-hybridized carbons (Fsp3) is 0.250. The van der Waals surface area contributed by atoms with Crippen molar-refractivity contribution in [2.75, 3.05) is 0 Å². The van der Waals surface area contributed by atoms with Gasteiger partial charge in [0.05, 0.1) is 23.3 Å². The predicted octanol–water partition coefficient (Wildman–Crippen LogP) is 1.47. The zero-order valence-corrected chi connectivity index (χ0v) is 9.23. The van der Waals surface area contributed by atoms with Crippen molar-refractivity contribution < 1.29 is 4.79 Å². The number of hydrogen-bond acceptors (Lipinski definition) is 3. The molecular formula is C12H12N4O. The van der Waals surface area contributed by atoms with Gasteiger partial charge < -0.3 is 5.32 Å². The largest absolute Gasteiger partial charge is 0.330 e. The van der Waals surface area contributed by atoms with Gasteiger partial charge in [0.1, 0.15) is 0 Å². The number of aromatic amines is 1. The number of fused-ring (bicyclic) bond motifs is 1. The van der Waals surface area contributed by atoms with Gasteiger partial charge in [-0.15, -0.1) is 0 Å². The minimum Gasteiger partial charge on any atom is -0.330 e. The lowest BCUT2D eigenvalue weighted by molar-refractivity contribution is -0.122. The van der Waals surface area contributed by atoms with E-state index >= 15 is 0 Å². The van der Waals surface area contributed by atoms with Gasteiger partial charge >= 0.3 is 0 Å². The first-order chi connectivity index (χ1) is 8.25. The smallest absolute Gasteiger partial charge is 0.233 e. The lowest BCUT2D eigenvalue weighted by Crippen LogP contribution is -2.33. The molecule has 0 spiro atoms. The zero-order valence-electron chi connectivity index (χ0n) is 9.23. The van der Waals surface area contributed by atoms with E-state index in [9.17, 15) is 4.79 Å². The second-order valence-corrected chi connectivity index (χ2v) is 4.21. The first-order valence-electron chi connectivity index (χ1n) is 5.52. The minimum absolute atomic E-state index is 0.0218. The van der Waals surface area contributed by atoms with Crippen LogP contribution in [0.4, 0.5) is 0 Å². The van der Waals surface area contributed by atoms with Crippen molar-refractivity contribution in [1.82, 2.24) is 20.5 Å². The van der Waals surface area contributed by atoms with Crippen molar-refractivity contribution in [3.05, 3.63) is 36.4 Å². The summed E-state index contributed by atoms with van der Waals surface area (Å²) in [6.07, 6.45) is 4.98. The summed E-state index contributed by atoms with van der Waals surface area (Å²) in [6.45, 7) is 3.77. The Morgan fingerprint density at radius 1 is 1.47 bits per heavy atom. The van der Waals surface area contributed by atoms with E-state index < -0.39 is 0 Å². The number of allylic oxidation sites excluding steroid dienone is 1. The second kappa shape index (κ2) is 3.69. The second-order valence-electron chi connectivity index (χ2n) is 4.21. The highest BCUT2D eigenvalue weighted by Crippen LogP contribution is 2.30. The van der Waals surface area contributed by atoms with E-state index in [4.69, 9.17) is 0 Å². The van der Waals surface area contributed by atoms with E-state index in [2.05, 4.69) is 27.1 Å². The van der Waals surface area contributed by atoms with Crippen LogP contribution >= 0.6 is 0 Å². The van der Waals surface area contributed by atoms with Crippen LogP contribution in [0.2, 0.25) is 0 Å². The Hall–Kier alpha value is -2.17. The third kappa shape index (κ3) is 1.60. The molecule has 1 unspecified atom stereocenters. The highest BCUT2D eigenvalue weighted by Gasteiger charge is 2.28. The Morgan fingerprint density at radius 2 is 2.35 bits per heavy atom. The summed E-state index contributed by atoms with van der Waals surface area (Å²) >= 11 is 0. The standard InChI is InChI=1S/C12H12N4O/c1-7-2-3-9(12(17)14-7)11-8-4-5-13-6-10(8)15-16-11/h4-6,9H,1-3H2,(H,14,17)(H,15,16). The summed E-state index contributed by atoms with van der Waals surface area (Å²) < 4.78 is 0. The summed E-state index contributed by atoms with van der Waals surface area (Å²) in [5.41, 5.74) is 2.44. The fourth-order valence-corrected chi connectivity index (χ4v) is 2.19. The number of rotatable bonds is 1. The molecule has 1 aliphatic heterocycles. The molecule has 2 aromatic heterocycles. The summed E-state index contributed by atoms with van der Waals surface area (Å²) in [5.74, 6) is -0.219. The molecule has 1 amide bonds. The Morgan fingerprint density at radius 3 is 3.18 bits per heavy atom. The molecule has 0 bridgehead atoms. The monoisotopic (exact) mass is 228 g/mol. The molecule has 3 rings (SSSR count). The van der Waals surface area contributed by atoms with Crippen LogP contribution in [0.25, 0.3) is 10.9 Å². The maximum Gasteiger partial charge on any atom is 0.233 e. The molecule has 2 aromatic rings. The molecule has 0 saturated carbocycles. The van der Waals surface area contributed by atoms with Gasteiger partial charge in [0.25, 0.3) is 0 Å². The number of nitrogens with zero attached hydrogens (tertiary/aromatic N) is 2. The molecule has 0 radical (unpaired) electrons.